The maximum Gasteiger partial charge on any atom is 0.224 e. The van der Waals surface area contributed by atoms with E-state index in [9.17, 15) is 4.79 Å². The van der Waals surface area contributed by atoms with Crippen LogP contribution in [0.2, 0.25) is 0 Å². The molecule has 1 N–H and O–H groups in total. The van der Waals surface area contributed by atoms with Gasteiger partial charge in [-0.1, -0.05) is 24.3 Å². The van der Waals surface area contributed by atoms with E-state index in [4.69, 9.17) is 14.2 Å². The molecule has 0 fully saturated rings. The molecule has 0 aromatic heterocycles. The molecular weight excluding hydrogens is 378 g/mol. The summed E-state index contributed by atoms with van der Waals surface area (Å²) < 4.78 is 17.1. The van der Waals surface area contributed by atoms with E-state index < -0.39 is 0 Å². The van der Waals surface area contributed by atoms with Crippen molar-refractivity contribution in [2.45, 2.75) is 26.7 Å². The molecule has 1 amide bonds. The maximum atomic E-state index is 12.2. The number of carbonyl (C=O) groups is 1. The Morgan fingerprint density at radius 3 is 2.30 bits per heavy atom. The van der Waals surface area contributed by atoms with E-state index in [-0.39, 0.29) is 5.91 Å². The SMILES string of the molecule is CCOc1ccccc1OCCCC(=O)Nc1ccc(Oc2cccc(C)c2)cc1. The maximum absolute atomic E-state index is 12.2. The lowest BCUT2D eigenvalue weighted by atomic mass is 10.2. The average molecular weight is 405 g/mol. The van der Waals surface area contributed by atoms with Gasteiger partial charge in [0.15, 0.2) is 11.5 Å². The van der Waals surface area contributed by atoms with Crippen LogP contribution in [-0.2, 0) is 4.79 Å². The number of rotatable bonds is 10. The molecule has 0 radical (unpaired) electrons. The molecular formula is C25H27NO4. The quantitative estimate of drug-likeness (QED) is 0.421. The van der Waals surface area contributed by atoms with E-state index in [1.54, 1.807) is 0 Å². The van der Waals surface area contributed by atoms with Crippen LogP contribution in [0.25, 0.3) is 0 Å². The number of para-hydroxylation sites is 2. The van der Waals surface area contributed by atoms with Crippen molar-refractivity contribution in [3.8, 4) is 23.0 Å². The largest absolute Gasteiger partial charge is 0.490 e. The molecule has 5 heteroatoms. The summed E-state index contributed by atoms with van der Waals surface area (Å²) in [6.45, 7) is 4.98. The minimum absolute atomic E-state index is 0.0518. The van der Waals surface area contributed by atoms with Gasteiger partial charge in [0.2, 0.25) is 5.91 Å². The fourth-order valence-corrected chi connectivity index (χ4v) is 2.90. The van der Waals surface area contributed by atoms with Gasteiger partial charge in [-0.15, -0.1) is 0 Å². The van der Waals surface area contributed by atoms with E-state index >= 15 is 0 Å². The molecule has 0 spiro atoms. The molecule has 0 saturated carbocycles. The highest BCUT2D eigenvalue weighted by Crippen LogP contribution is 2.26. The second-order valence-electron chi connectivity index (χ2n) is 6.82. The summed E-state index contributed by atoms with van der Waals surface area (Å²) >= 11 is 0. The van der Waals surface area contributed by atoms with Gasteiger partial charge in [-0.25, -0.2) is 0 Å². The van der Waals surface area contributed by atoms with Gasteiger partial charge in [-0.3, -0.25) is 4.79 Å². The molecule has 0 aliphatic rings. The van der Waals surface area contributed by atoms with Crippen molar-refractivity contribution in [1.82, 2.24) is 0 Å². The van der Waals surface area contributed by atoms with Crippen molar-refractivity contribution in [2.75, 3.05) is 18.5 Å². The van der Waals surface area contributed by atoms with Gasteiger partial charge >= 0.3 is 0 Å². The second-order valence-corrected chi connectivity index (χ2v) is 6.82. The zero-order valence-electron chi connectivity index (χ0n) is 17.4. The standard InChI is InChI=1S/C25H27NO4/c1-3-28-23-10-4-5-11-24(23)29-17-7-12-25(27)26-20-13-15-21(16-14-20)30-22-9-6-8-19(2)18-22/h4-6,8-11,13-16,18H,3,7,12,17H2,1-2H3,(H,26,27). The lowest BCUT2D eigenvalue weighted by Crippen LogP contribution is -2.12. The van der Waals surface area contributed by atoms with E-state index in [1.165, 1.54) is 0 Å². The van der Waals surface area contributed by atoms with Crippen molar-refractivity contribution in [1.29, 1.82) is 0 Å². The first-order valence-corrected chi connectivity index (χ1v) is 10.1. The number of hydrogen-bond donors (Lipinski definition) is 1. The topological polar surface area (TPSA) is 56.8 Å². The number of hydrogen-bond acceptors (Lipinski definition) is 4. The summed E-state index contributed by atoms with van der Waals surface area (Å²) in [6.07, 6.45) is 0.985. The molecule has 30 heavy (non-hydrogen) atoms. The van der Waals surface area contributed by atoms with Gasteiger partial charge in [0, 0.05) is 12.1 Å². The van der Waals surface area contributed by atoms with Crippen LogP contribution in [-0.4, -0.2) is 19.1 Å². The Labute approximate surface area is 177 Å². The summed E-state index contributed by atoms with van der Waals surface area (Å²) in [5.41, 5.74) is 1.88. The number of aryl methyl sites for hydroxylation is 1. The minimum Gasteiger partial charge on any atom is -0.490 e. The molecule has 0 heterocycles. The van der Waals surface area contributed by atoms with Crippen LogP contribution in [0.15, 0.2) is 72.8 Å². The Bertz CT molecular complexity index is 953. The summed E-state index contributed by atoms with van der Waals surface area (Å²) in [5, 5.41) is 2.90. The molecule has 0 aliphatic carbocycles. The van der Waals surface area contributed by atoms with Crippen LogP contribution < -0.4 is 19.5 Å². The molecule has 0 atom stereocenters. The average Bonchev–Trinajstić information content (AvgIpc) is 2.74. The van der Waals surface area contributed by atoms with Crippen LogP contribution in [0.5, 0.6) is 23.0 Å². The first-order valence-electron chi connectivity index (χ1n) is 10.1. The predicted octanol–water partition coefficient (Wildman–Crippen LogP) is 5.98. The lowest BCUT2D eigenvalue weighted by molar-refractivity contribution is -0.116. The number of carbonyl (C=O) groups excluding carboxylic acids is 1. The molecule has 3 aromatic rings. The normalized spacial score (nSPS) is 10.3. The molecule has 3 rings (SSSR count). The molecule has 0 aliphatic heterocycles. The Balaban J connectivity index is 1.42. The van der Waals surface area contributed by atoms with E-state index in [0.29, 0.717) is 31.8 Å². The van der Waals surface area contributed by atoms with Gasteiger partial charge in [0.05, 0.1) is 13.2 Å². The number of ether oxygens (including phenoxy) is 3. The Morgan fingerprint density at radius 1 is 0.867 bits per heavy atom. The van der Waals surface area contributed by atoms with E-state index in [2.05, 4.69) is 5.32 Å². The number of amides is 1. The molecule has 5 nitrogen and oxygen atoms in total. The second kappa shape index (κ2) is 10.9. The van der Waals surface area contributed by atoms with Gasteiger partial charge in [0.1, 0.15) is 11.5 Å². The minimum atomic E-state index is -0.0518. The highest BCUT2D eigenvalue weighted by Gasteiger charge is 2.06. The van der Waals surface area contributed by atoms with Crippen molar-refractivity contribution in [3.63, 3.8) is 0 Å². The van der Waals surface area contributed by atoms with Crippen molar-refractivity contribution >= 4 is 11.6 Å². The fourth-order valence-electron chi connectivity index (χ4n) is 2.90. The lowest BCUT2D eigenvalue weighted by Gasteiger charge is -2.11. The molecule has 0 bridgehead atoms. The van der Waals surface area contributed by atoms with Crippen LogP contribution >= 0.6 is 0 Å². The number of anilines is 1. The summed E-state index contributed by atoms with van der Waals surface area (Å²) in [6, 6.07) is 22.8. The molecule has 0 saturated heterocycles. The first kappa shape index (κ1) is 21.2. The van der Waals surface area contributed by atoms with Gasteiger partial charge < -0.3 is 19.5 Å². The highest BCUT2D eigenvalue weighted by atomic mass is 16.5. The van der Waals surface area contributed by atoms with Gasteiger partial charge in [0.25, 0.3) is 0 Å². The Hall–Kier alpha value is -3.47. The number of benzene rings is 3. The van der Waals surface area contributed by atoms with Crippen LogP contribution in [0, 0.1) is 6.92 Å². The third kappa shape index (κ3) is 6.55. The van der Waals surface area contributed by atoms with Crippen LogP contribution in [0.1, 0.15) is 25.3 Å². The van der Waals surface area contributed by atoms with Crippen molar-refractivity contribution < 1.29 is 19.0 Å². The summed E-state index contributed by atoms with van der Waals surface area (Å²) in [5.74, 6) is 2.88. The van der Waals surface area contributed by atoms with Crippen molar-refractivity contribution in [3.05, 3.63) is 78.4 Å². The van der Waals surface area contributed by atoms with E-state index in [1.807, 2.05) is 86.6 Å². The van der Waals surface area contributed by atoms with Crippen molar-refractivity contribution in [2.24, 2.45) is 0 Å². The Morgan fingerprint density at radius 2 is 1.60 bits per heavy atom. The molecule has 0 unspecified atom stereocenters. The van der Waals surface area contributed by atoms with E-state index in [0.717, 1.165) is 28.5 Å². The van der Waals surface area contributed by atoms with Crippen LogP contribution in [0.4, 0.5) is 5.69 Å². The fraction of sp³-hybridized carbons (Fsp3) is 0.240. The third-order valence-electron chi connectivity index (χ3n) is 4.32. The number of nitrogens with one attached hydrogen (secondary N) is 1. The van der Waals surface area contributed by atoms with Crippen LogP contribution in [0.3, 0.4) is 0 Å². The third-order valence-corrected chi connectivity index (χ3v) is 4.32. The Kier molecular flexibility index (Phi) is 7.72. The first-order chi connectivity index (χ1) is 14.6. The van der Waals surface area contributed by atoms with Gasteiger partial charge in [-0.2, -0.15) is 0 Å². The molecule has 156 valence electrons. The van der Waals surface area contributed by atoms with Gasteiger partial charge in [-0.05, 0) is 74.4 Å². The zero-order chi connectivity index (χ0) is 21.2. The monoisotopic (exact) mass is 405 g/mol. The zero-order valence-corrected chi connectivity index (χ0v) is 17.4. The predicted molar refractivity (Wildman–Crippen MR) is 119 cm³/mol. The summed E-state index contributed by atoms with van der Waals surface area (Å²) in [7, 11) is 0. The smallest absolute Gasteiger partial charge is 0.224 e. The molecule has 3 aromatic carbocycles. The highest BCUT2D eigenvalue weighted by molar-refractivity contribution is 5.90. The summed E-state index contributed by atoms with van der Waals surface area (Å²) in [4.78, 5) is 12.2.